The zero-order valence-corrected chi connectivity index (χ0v) is 28.5. The predicted octanol–water partition coefficient (Wildman–Crippen LogP) is 8.62. The first-order valence-electron chi connectivity index (χ1n) is 15.1. The minimum Gasteiger partial charge on any atom is -0.369 e. The highest BCUT2D eigenvalue weighted by Gasteiger charge is 2.21. The lowest BCUT2D eigenvalue weighted by molar-refractivity contribution is 0.0743. The predicted molar refractivity (Wildman–Crippen MR) is 184 cm³/mol. The first-order chi connectivity index (χ1) is 18.7. The molecule has 0 spiro atoms. The lowest BCUT2D eigenvalue weighted by Gasteiger charge is -2.24. The molecule has 0 aromatic heterocycles. The van der Waals surface area contributed by atoms with Gasteiger partial charge in [-0.2, -0.15) is 0 Å². The maximum absolute atomic E-state index is 5.86. The van der Waals surface area contributed by atoms with Gasteiger partial charge in [0.25, 0.3) is 0 Å². The van der Waals surface area contributed by atoms with Crippen molar-refractivity contribution in [2.45, 2.75) is 121 Å². The molecule has 222 valence electrons. The van der Waals surface area contributed by atoms with E-state index in [0.717, 1.165) is 53.0 Å². The van der Waals surface area contributed by atoms with E-state index in [2.05, 4.69) is 17.6 Å². The summed E-state index contributed by atoms with van der Waals surface area (Å²) in [7, 11) is 7.49. The summed E-state index contributed by atoms with van der Waals surface area (Å²) in [6.07, 6.45) is 20.6. The molecule has 10 heteroatoms. The molecule has 0 bridgehead atoms. The van der Waals surface area contributed by atoms with Crippen LogP contribution in [0.5, 0.6) is 0 Å². The molecule has 3 unspecified atom stereocenters. The fourth-order valence-corrected chi connectivity index (χ4v) is 10.3. The number of unbranched alkanes of at least 4 members (excludes halogenated alkanes) is 11. The van der Waals surface area contributed by atoms with Crippen LogP contribution in [0.25, 0.3) is 0 Å². The SMILES string of the molecule is CCCCCCCCC(CCCCCCCCCSSC(=S)C1CNCCO1)SSC(=S)C1CNCCO1. The van der Waals surface area contributed by atoms with Crippen LogP contribution < -0.4 is 10.6 Å². The van der Waals surface area contributed by atoms with E-state index in [1.807, 2.05) is 32.4 Å². The second kappa shape index (κ2) is 25.0. The van der Waals surface area contributed by atoms with Crippen molar-refractivity contribution in [3.8, 4) is 0 Å². The topological polar surface area (TPSA) is 42.5 Å². The van der Waals surface area contributed by atoms with Crippen LogP contribution in [-0.2, 0) is 9.47 Å². The normalized spacial score (nSPS) is 20.9. The van der Waals surface area contributed by atoms with E-state index in [0.29, 0.717) is 0 Å². The third-order valence-electron chi connectivity index (χ3n) is 6.92. The quantitative estimate of drug-likeness (QED) is 0.0683. The van der Waals surface area contributed by atoms with Crippen LogP contribution in [0.3, 0.4) is 0 Å². The molecular weight excluding hydrogens is 589 g/mol. The van der Waals surface area contributed by atoms with Gasteiger partial charge in [0.1, 0.15) is 12.2 Å². The molecule has 2 aliphatic rings. The van der Waals surface area contributed by atoms with E-state index in [-0.39, 0.29) is 12.2 Å². The molecule has 0 radical (unpaired) electrons. The van der Waals surface area contributed by atoms with Gasteiger partial charge >= 0.3 is 0 Å². The second-order valence-corrected chi connectivity index (χ2v) is 16.7. The number of rotatable bonds is 22. The zero-order chi connectivity index (χ0) is 27.1. The molecule has 2 rings (SSSR count). The number of thiocarbonyl (C=S) groups is 2. The van der Waals surface area contributed by atoms with Crippen molar-refractivity contribution in [1.82, 2.24) is 10.6 Å². The highest BCUT2D eigenvalue weighted by molar-refractivity contribution is 8.84. The molecule has 2 fully saturated rings. The van der Waals surface area contributed by atoms with Crippen LogP contribution in [0.1, 0.15) is 103 Å². The number of hydrogen-bond donors (Lipinski definition) is 2. The second-order valence-electron chi connectivity index (χ2n) is 10.3. The van der Waals surface area contributed by atoms with Crippen molar-refractivity contribution in [3.63, 3.8) is 0 Å². The van der Waals surface area contributed by atoms with Crippen LogP contribution >= 0.6 is 67.6 Å². The number of morpholine rings is 2. The summed E-state index contributed by atoms with van der Waals surface area (Å²) in [6, 6.07) is 0. The van der Waals surface area contributed by atoms with Crippen LogP contribution in [0, 0.1) is 0 Å². The first kappa shape index (κ1) is 35.6. The number of nitrogens with one attached hydrogen (secondary N) is 2. The standard InChI is InChI=1S/C28H52N2O2S6/c1-2-3-4-5-9-12-15-24(36-38-28(34)26-23-30-18-20-32-26)16-13-10-7-6-8-11-14-21-35-37-27(33)25-22-29-17-19-31-25/h24-26,29-30H,2-23H2,1H3. The fraction of sp³-hybridized carbons (Fsp3) is 0.929. The van der Waals surface area contributed by atoms with Crippen molar-refractivity contribution >= 4 is 76.0 Å². The Kier molecular flexibility index (Phi) is 23.4. The molecule has 3 atom stereocenters. The largest absolute Gasteiger partial charge is 0.369 e. The molecule has 2 heterocycles. The third-order valence-corrected chi connectivity index (χ3v) is 13.9. The van der Waals surface area contributed by atoms with Gasteiger partial charge in [-0.15, -0.1) is 0 Å². The molecule has 0 amide bonds. The summed E-state index contributed by atoms with van der Waals surface area (Å²) in [5, 5.41) is 7.47. The summed E-state index contributed by atoms with van der Waals surface area (Å²) >= 11 is 11.2. The Morgan fingerprint density at radius 1 is 0.711 bits per heavy atom. The highest BCUT2D eigenvalue weighted by Crippen LogP contribution is 2.36. The Bertz CT molecular complexity index is 604. The summed E-state index contributed by atoms with van der Waals surface area (Å²) in [5.74, 6) is 1.18. The van der Waals surface area contributed by atoms with Crippen LogP contribution in [-0.4, -0.2) is 71.0 Å². The lowest BCUT2D eigenvalue weighted by atomic mass is 10.0. The Hall–Kier alpha value is 1.42. The van der Waals surface area contributed by atoms with Gasteiger partial charge in [0.2, 0.25) is 0 Å². The smallest absolute Gasteiger partial charge is 0.112 e. The van der Waals surface area contributed by atoms with E-state index in [1.54, 1.807) is 10.8 Å². The van der Waals surface area contributed by atoms with Gasteiger partial charge in [0.15, 0.2) is 0 Å². The van der Waals surface area contributed by atoms with E-state index in [1.165, 1.54) is 102 Å². The molecule has 4 nitrogen and oxygen atoms in total. The van der Waals surface area contributed by atoms with Crippen molar-refractivity contribution in [3.05, 3.63) is 0 Å². The molecule has 0 aromatic carbocycles. The average molecular weight is 641 g/mol. The Balaban J connectivity index is 1.48. The number of ether oxygens (including phenoxy) is 2. The van der Waals surface area contributed by atoms with Crippen LogP contribution in [0.2, 0.25) is 0 Å². The minimum atomic E-state index is 0.0998. The molecule has 2 saturated heterocycles. The van der Waals surface area contributed by atoms with Gasteiger partial charge in [-0.1, -0.05) is 130 Å². The van der Waals surface area contributed by atoms with E-state index in [4.69, 9.17) is 33.9 Å². The highest BCUT2D eigenvalue weighted by atomic mass is 33.1. The Labute approximate surface area is 260 Å². The van der Waals surface area contributed by atoms with Crippen LogP contribution in [0.4, 0.5) is 0 Å². The van der Waals surface area contributed by atoms with Gasteiger partial charge in [0.05, 0.1) is 21.6 Å². The Morgan fingerprint density at radius 3 is 1.74 bits per heavy atom. The summed E-state index contributed by atoms with van der Waals surface area (Å²) < 4.78 is 13.6. The molecule has 0 saturated carbocycles. The van der Waals surface area contributed by atoms with Crippen molar-refractivity contribution in [1.29, 1.82) is 0 Å². The lowest BCUT2D eigenvalue weighted by Crippen LogP contribution is -2.41. The first-order valence-corrected chi connectivity index (χ1v) is 20.4. The van der Waals surface area contributed by atoms with Crippen molar-refractivity contribution in [2.24, 2.45) is 0 Å². The van der Waals surface area contributed by atoms with Gasteiger partial charge in [-0.3, -0.25) is 0 Å². The van der Waals surface area contributed by atoms with Crippen molar-refractivity contribution in [2.75, 3.05) is 45.1 Å². The zero-order valence-electron chi connectivity index (χ0n) is 23.6. The molecule has 0 aliphatic carbocycles. The maximum Gasteiger partial charge on any atom is 0.112 e. The van der Waals surface area contributed by atoms with E-state index < -0.39 is 0 Å². The maximum atomic E-state index is 5.86. The fourth-order valence-electron chi connectivity index (χ4n) is 4.57. The van der Waals surface area contributed by atoms with Crippen LogP contribution in [0.15, 0.2) is 0 Å². The molecular formula is C28H52N2O2S6. The van der Waals surface area contributed by atoms with E-state index >= 15 is 0 Å². The molecule has 0 aromatic rings. The van der Waals surface area contributed by atoms with Gasteiger partial charge < -0.3 is 20.1 Å². The minimum absolute atomic E-state index is 0.0998. The summed E-state index contributed by atoms with van der Waals surface area (Å²) in [6.45, 7) is 7.46. The summed E-state index contributed by atoms with van der Waals surface area (Å²) in [4.78, 5) is 0. The number of hydrogen-bond acceptors (Lipinski definition) is 10. The Morgan fingerprint density at radius 2 is 1.21 bits per heavy atom. The average Bonchev–Trinajstić information content (AvgIpc) is 2.96. The van der Waals surface area contributed by atoms with Gasteiger partial charge in [0, 0.05) is 37.2 Å². The molecule has 38 heavy (non-hydrogen) atoms. The van der Waals surface area contributed by atoms with Gasteiger partial charge in [-0.25, -0.2) is 0 Å². The molecule has 2 aliphatic heterocycles. The van der Waals surface area contributed by atoms with Crippen molar-refractivity contribution < 1.29 is 9.47 Å². The van der Waals surface area contributed by atoms with Gasteiger partial charge in [-0.05, 0) is 40.9 Å². The monoisotopic (exact) mass is 640 g/mol. The summed E-state index contributed by atoms with van der Waals surface area (Å²) in [5.41, 5.74) is 0. The third kappa shape index (κ3) is 18.1. The molecule has 2 N–H and O–H groups in total. The van der Waals surface area contributed by atoms with E-state index in [9.17, 15) is 0 Å².